The van der Waals surface area contributed by atoms with Crippen LogP contribution in [0.3, 0.4) is 0 Å². The Bertz CT molecular complexity index is 1520. The number of methoxy groups -OCH3 is 2. The number of ether oxygens (including phenoxy) is 2. The maximum Gasteiger partial charge on any atom is 0.340 e. The number of sulfonamides is 1. The number of anilines is 1. The summed E-state index contributed by atoms with van der Waals surface area (Å²) in [4.78, 5) is 25.8. The van der Waals surface area contributed by atoms with Gasteiger partial charge in [0.2, 0.25) is 0 Å². The third-order valence-corrected chi connectivity index (χ3v) is 7.50. The molecule has 0 unspecified atom stereocenters. The topological polar surface area (TPSA) is 94.9 Å². The van der Waals surface area contributed by atoms with Crippen LogP contribution < -0.4 is 9.04 Å². The summed E-state index contributed by atoms with van der Waals surface area (Å²) in [6.07, 6.45) is 1.35. The first kappa shape index (κ1) is 24.3. The van der Waals surface area contributed by atoms with Crippen LogP contribution >= 0.6 is 11.6 Å². The molecule has 8 nitrogen and oxygen atoms in total. The van der Waals surface area contributed by atoms with Crippen molar-refractivity contribution < 1.29 is 27.5 Å². The van der Waals surface area contributed by atoms with Crippen molar-refractivity contribution in [3.05, 3.63) is 89.6 Å². The zero-order chi connectivity index (χ0) is 25.2. The fourth-order valence-electron chi connectivity index (χ4n) is 3.70. The van der Waals surface area contributed by atoms with Crippen LogP contribution in [0.25, 0.3) is 10.9 Å². The van der Waals surface area contributed by atoms with E-state index in [4.69, 9.17) is 21.1 Å². The minimum Gasteiger partial charge on any atom is -0.495 e. The first-order valence-electron chi connectivity index (χ1n) is 10.4. The van der Waals surface area contributed by atoms with E-state index in [1.54, 1.807) is 42.5 Å². The van der Waals surface area contributed by atoms with Gasteiger partial charge in [0.1, 0.15) is 12.3 Å². The Balaban J connectivity index is 1.82. The molecule has 0 aliphatic heterocycles. The highest BCUT2D eigenvalue weighted by Crippen LogP contribution is 2.32. The molecule has 0 aliphatic carbocycles. The van der Waals surface area contributed by atoms with Gasteiger partial charge in [-0.15, -0.1) is 0 Å². The number of halogens is 1. The Morgan fingerprint density at radius 1 is 0.971 bits per heavy atom. The van der Waals surface area contributed by atoms with Crippen molar-refractivity contribution in [1.29, 1.82) is 0 Å². The summed E-state index contributed by atoms with van der Waals surface area (Å²) in [5, 5.41) is 0.697. The number of fused-ring (bicyclic) bond motifs is 1. The molecule has 4 rings (SSSR count). The number of aromatic nitrogens is 1. The van der Waals surface area contributed by atoms with Crippen molar-refractivity contribution in [1.82, 2.24) is 4.57 Å². The maximum absolute atomic E-state index is 13.6. The van der Waals surface area contributed by atoms with Crippen molar-refractivity contribution in [3.63, 3.8) is 0 Å². The van der Waals surface area contributed by atoms with E-state index >= 15 is 0 Å². The molecule has 0 amide bonds. The van der Waals surface area contributed by atoms with Gasteiger partial charge in [0.25, 0.3) is 15.9 Å². The lowest BCUT2D eigenvalue weighted by molar-refractivity contribution is 0.0603. The van der Waals surface area contributed by atoms with Gasteiger partial charge in [0.05, 0.1) is 40.9 Å². The lowest BCUT2D eigenvalue weighted by Crippen LogP contribution is -2.37. The second kappa shape index (κ2) is 9.81. The minimum atomic E-state index is -4.15. The molecule has 1 heterocycles. The van der Waals surface area contributed by atoms with Crippen LogP contribution in [0.1, 0.15) is 15.2 Å². The van der Waals surface area contributed by atoms with Gasteiger partial charge < -0.3 is 9.47 Å². The number of hydrogen-bond donors (Lipinski definition) is 0. The molecule has 10 heteroatoms. The molecular formula is C25H21ClN2O6S. The molecule has 0 saturated carbocycles. The second-order valence-corrected chi connectivity index (χ2v) is 9.73. The number of rotatable bonds is 7. The molecule has 0 aliphatic rings. The van der Waals surface area contributed by atoms with E-state index in [9.17, 15) is 18.0 Å². The zero-order valence-corrected chi connectivity index (χ0v) is 20.4. The highest BCUT2D eigenvalue weighted by molar-refractivity contribution is 7.92. The van der Waals surface area contributed by atoms with Gasteiger partial charge in [-0.1, -0.05) is 48.0 Å². The second-order valence-electron chi connectivity index (χ2n) is 7.46. The van der Waals surface area contributed by atoms with Crippen molar-refractivity contribution >= 4 is 50.1 Å². The number of carbonyl (C=O) groups is 2. The van der Waals surface area contributed by atoms with Gasteiger partial charge in [0.15, 0.2) is 0 Å². The molecule has 4 aromatic rings. The normalized spacial score (nSPS) is 11.3. The zero-order valence-electron chi connectivity index (χ0n) is 18.8. The van der Waals surface area contributed by atoms with E-state index < -0.39 is 28.4 Å². The largest absolute Gasteiger partial charge is 0.495 e. The summed E-state index contributed by atoms with van der Waals surface area (Å²) < 4.78 is 39.4. The van der Waals surface area contributed by atoms with Crippen LogP contribution in [0.5, 0.6) is 5.75 Å². The fraction of sp³-hybridized carbons (Fsp3) is 0.120. The molecule has 0 saturated heterocycles. The smallest absolute Gasteiger partial charge is 0.340 e. The molecule has 0 N–H and O–H groups in total. The first-order valence-corrected chi connectivity index (χ1v) is 12.2. The summed E-state index contributed by atoms with van der Waals surface area (Å²) in [6, 6.07) is 19.0. The van der Waals surface area contributed by atoms with Crippen molar-refractivity contribution in [2.24, 2.45) is 0 Å². The Kier molecular flexibility index (Phi) is 6.81. The van der Waals surface area contributed by atoms with Crippen molar-refractivity contribution in [2.45, 2.75) is 4.90 Å². The van der Waals surface area contributed by atoms with Gasteiger partial charge >= 0.3 is 5.97 Å². The molecular weight excluding hydrogens is 492 g/mol. The highest BCUT2D eigenvalue weighted by Gasteiger charge is 2.29. The van der Waals surface area contributed by atoms with Gasteiger partial charge in [-0.2, -0.15) is 0 Å². The molecule has 0 spiro atoms. The standard InChI is InChI=1S/C25H21ClN2O6S/c1-33-23-13-12-17(14-21(23)26)28(35(31,32)18-8-4-3-5-9-18)16-24(29)27-15-20(25(30)34-2)19-10-6-7-11-22(19)27/h3-15H,16H2,1-2H3. The summed E-state index contributed by atoms with van der Waals surface area (Å²) in [7, 11) is -1.46. The van der Waals surface area contributed by atoms with Crippen LogP contribution in [-0.4, -0.2) is 45.6 Å². The van der Waals surface area contributed by atoms with E-state index in [0.29, 0.717) is 16.7 Å². The number of hydrogen-bond acceptors (Lipinski definition) is 6. The Morgan fingerprint density at radius 3 is 2.31 bits per heavy atom. The summed E-state index contributed by atoms with van der Waals surface area (Å²) in [6.45, 7) is -0.556. The predicted octanol–water partition coefficient (Wildman–Crippen LogP) is 4.63. The average Bonchev–Trinajstić information content (AvgIpc) is 3.27. The number of para-hydroxylation sites is 1. The van der Waals surface area contributed by atoms with E-state index in [1.807, 2.05) is 0 Å². The van der Waals surface area contributed by atoms with E-state index in [1.165, 1.54) is 55.3 Å². The van der Waals surface area contributed by atoms with Gasteiger partial charge in [-0.05, 0) is 36.4 Å². The third kappa shape index (κ3) is 4.60. The lowest BCUT2D eigenvalue weighted by Gasteiger charge is -2.24. The van der Waals surface area contributed by atoms with E-state index in [2.05, 4.69) is 0 Å². The van der Waals surface area contributed by atoms with Crippen LogP contribution in [0.2, 0.25) is 5.02 Å². The molecule has 0 bridgehead atoms. The Labute approximate surface area is 207 Å². The molecule has 0 atom stereocenters. The highest BCUT2D eigenvalue weighted by atomic mass is 35.5. The number of carbonyl (C=O) groups excluding carboxylic acids is 2. The Morgan fingerprint density at radius 2 is 1.66 bits per heavy atom. The average molecular weight is 513 g/mol. The molecule has 180 valence electrons. The van der Waals surface area contributed by atoms with Gasteiger partial charge in [-0.3, -0.25) is 13.7 Å². The molecule has 35 heavy (non-hydrogen) atoms. The lowest BCUT2D eigenvalue weighted by atomic mass is 10.2. The fourth-order valence-corrected chi connectivity index (χ4v) is 5.38. The molecule has 1 aromatic heterocycles. The van der Waals surface area contributed by atoms with Crippen LogP contribution in [-0.2, 0) is 14.8 Å². The van der Waals surface area contributed by atoms with Crippen molar-refractivity contribution in [3.8, 4) is 5.75 Å². The first-order chi connectivity index (χ1) is 16.8. The van der Waals surface area contributed by atoms with Gasteiger partial charge in [-0.25, -0.2) is 13.2 Å². The number of esters is 1. The Hall–Kier alpha value is -3.82. The molecule has 3 aromatic carbocycles. The van der Waals surface area contributed by atoms with Crippen LogP contribution in [0, 0.1) is 0 Å². The monoisotopic (exact) mass is 512 g/mol. The minimum absolute atomic E-state index is 0.00681. The molecule has 0 fully saturated rings. The number of benzene rings is 3. The summed E-state index contributed by atoms with van der Waals surface area (Å²) in [5.41, 5.74) is 0.821. The van der Waals surface area contributed by atoms with E-state index in [0.717, 1.165) is 4.31 Å². The summed E-state index contributed by atoms with van der Waals surface area (Å²) >= 11 is 6.27. The summed E-state index contributed by atoms with van der Waals surface area (Å²) in [5.74, 6) is -0.829. The van der Waals surface area contributed by atoms with Crippen LogP contribution in [0.4, 0.5) is 5.69 Å². The predicted molar refractivity (Wildman–Crippen MR) is 133 cm³/mol. The van der Waals surface area contributed by atoms with Crippen molar-refractivity contribution in [2.75, 3.05) is 25.1 Å². The van der Waals surface area contributed by atoms with Crippen LogP contribution in [0.15, 0.2) is 83.9 Å². The maximum atomic E-state index is 13.6. The van der Waals surface area contributed by atoms with Gasteiger partial charge in [0, 0.05) is 11.6 Å². The quantitative estimate of drug-likeness (QED) is 0.335. The third-order valence-electron chi connectivity index (χ3n) is 5.42. The SMILES string of the molecule is COC(=O)c1cn(C(=O)CN(c2ccc(OC)c(Cl)c2)S(=O)(=O)c2ccccc2)c2ccccc12. The van der Waals surface area contributed by atoms with E-state index in [-0.39, 0.29) is 21.2 Å². The molecule has 0 radical (unpaired) electrons. The number of nitrogens with zero attached hydrogens (tertiary/aromatic N) is 2.